The molecular weight excluding hydrogens is 398 g/mol. The van der Waals surface area contributed by atoms with Crippen molar-refractivity contribution < 1.29 is 19.1 Å². The quantitative estimate of drug-likeness (QED) is 0.445. The summed E-state index contributed by atoms with van der Waals surface area (Å²) in [6.45, 7) is 0.491. The van der Waals surface area contributed by atoms with Crippen LogP contribution in [0.5, 0.6) is 0 Å². The molecule has 0 spiro atoms. The molecule has 0 atom stereocenters. The van der Waals surface area contributed by atoms with Gasteiger partial charge in [0.1, 0.15) is 23.9 Å². The van der Waals surface area contributed by atoms with E-state index in [1.807, 2.05) is 42.5 Å². The van der Waals surface area contributed by atoms with E-state index in [1.54, 1.807) is 23.1 Å². The Kier molecular flexibility index (Phi) is 5.57. The molecule has 0 N–H and O–H groups in total. The van der Waals surface area contributed by atoms with Gasteiger partial charge in [-0.3, -0.25) is 0 Å². The van der Waals surface area contributed by atoms with Gasteiger partial charge in [-0.1, -0.05) is 36.4 Å². The average Bonchev–Trinajstić information content (AvgIpc) is 3.47. The zero-order chi connectivity index (χ0) is 21.8. The SMILES string of the molecule is COC(=O)c1c(-c2cccc(Cn3cncn3)c2)nn(-c2ccccc2)c1C(=O)OC. The summed E-state index contributed by atoms with van der Waals surface area (Å²) in [6, 6.07) is 16.5. The van der Waals surface area contributed by atoms with E-state index >= 15 is 0 Å². The van der Waals surface area contributed by atoms with Gasteiger partial charge >= 0.3 is 11.9 Å². The highest BCUT2D eigenvalue weighted by atomic mass is 16.5. The molecule has 2 aromatic carbocycles. The Morgan fingerprint density at radius 2 is 1.74 bits per heavy atom. The molecule has 0 bridgehead atoms. The second kappa shape index (κ2) is 8.62. The number of para-hydroxylation sites is 1. The lowest BCUT2D eigenvalue weighted by Crippen LogP contribution is -2.15. The number of esters is 2. The van der Waals surface area contributed by atoms with Crippen molar-refractivity contribution in [2.45, 2.75) is 6.54 Å². The maximum atomic E-state index is 12.7. The summed E-state index contributed by atoms with van der Waals surface area (Å²) in [6.07, 6.45) is 3.08. The van der Waals surface area contributed by atoms with E-state index in [0.717, 1.165) is 5.56 Å². The third-order valence-electron chi connectivity index (χ3n) is 4.67. The van der Waals surface area contributed by atoms with E-state index < -0.39 is 11.9 Å². The summed E-state index contributed by atoms with van der Waals surface area (Å²) >= 11 is 0. The summed E-state index contributed by atoms with van der Waals surface area (Å²) in [5.41, 5.74) is 2.54. The van der Waals surface area contributed by atoms with E-state index in [9.17, 15) is 9.59 Å². The molecule has 9 heteroatoms. The van der Waals surface area contributed by atoms with Crippen molar-refractivity contribution in [1.29, 1.82) is 0 Å². The highest BCUT2D eigenvalue weighted by Gasteiger charge is 2.31. The number of rotatable bonds is 6. The second-order valence-corrected chi connectivity index (χ2v) is 6.60. The predicted molar refractivity (Wildman–Crippen MR) is 111 cm³/mol. The summed E-state index contributed by atoms with van der Waals surface area (Å²) in [5, 5.41) is 8.72. The van der Waals surface area contributed by atoms with E-state index in [0.29, 0.717) is 23.5 Å². The Morgan fingerprint density at radius 3 is 2.42 bits per heavy atom. The summed E-state index contributed by atoms with van der Waals surface area (Å²) < 4.78 is 13.0. The van der Waals surface area contributed by atoms with E-state index in [4.69, 9.17) is 9.47 Å². The van der Waals surface area contributed by atoms with Crippen LogP contribution < -0.4 is 0 Å². The minimum Gasteiger partial charge on any atom is -0.465 e. The lowest BCUT2D eigenvalue weighted by Gasteiger charge is -2.07. The number of benzene rings is 2. The molecule has 156 valence electrons. The Hall–Kier alpha value is -4.27. The maximum Gasteiger partial charge on any atom is 0.357 e. The molecule has 2 aromatic heterocycles. The molecule has 4 aromatic rings. The molecular formula is C22H19N5O4. The fourth-order valence-electron chi connectivity index (χ4n) is 3.28. The monoisotopic (exact) mass is 417 g/mol. The number of aromatic nitrogens is 5. The topological polar surface area (TPSA) is 101 Å². The van der Waals surface area contributed by atoms with Gasteiger partial charge in [0, 0.05) is 5.56 Å². The molecule has 0 saturated carbocycles. The molecule has 0 aliphatic heterocycles. The normalized spacial score (nSPS) is 10.6. The Morgan fingerprint density at radius 1 is 0.968 bits per heavy atom. The van der Waals surface area contributed by atoms with Crippen molar-refractivity contribution in [3.8, 4) is 16.9 Å². The van der Waals surface area contributed by atoms with Crippen molar-refractivity contribution in [2.24, 2.45) is 0 Å². The van der Waals surface area contributed by atoms with Crippen LogP contribution in [-0.2, 0) is 16.0 Å². The van der Waals surface area contributed by atoms with Gasteiger partial charge < -0.3 is 9.47 Å². The summed E-state index contributed by atoms with van der Waals surface area (Å²) in [5.74, 6) is -1.37. The molecule has 2 heterocycles. The van der Waals surface area contributed by atoms with Crippen LogP contribution >= 0.6 is 0 Å². The molecule has 4 rings (SSSR count). The largest absolute Gasteiger partial charge is 0.465 e. The highest BCUT2D eigenvalue weighted by Crippen LogP contribution is 2.29. The summed E-state index contributed by atoms with van der Waals surface area (Å²) in [4.78, 5) is 29.3. The molecule has 0 fully saturated rings. The first kappa shape index (κ1) is 20.0. The van der Waals surface area contributed by atoms with Crippen LogP contribution in [0.25, 0.3) is 16.9 Å². The van der Waals surface area contributed by atoms with Gasteiger partial charge in [0.15, 0.2) is 5.69 Å². The van der Waals surface area contributed by atoms with Crippen LogP contribution in [0, 0.1) is 0 Å². The number of carbonyl (C=O) groups excluding carboxylic acids is 2. The van der Waals surface area contributed by atoms with Crippen LogP contribution in [0.2, 0.25) is 0 Å². The molecule has 0 amide bonds. The number of hydrogen-bond acceptors (Lipinski definition) is 7. The van der Waals surface area contributed by atoms with Gasteiger partial charge in [0.05, 0.1) is 26.5 Å². The average molecular weight is 417 g/mol. The minimum absolute atomic E-state index is 0.00257. The Bertz CT molecular complexity index is 1220. The third-order valence-corrected chi connectivity index (χ3v) is 4.67. The minimum atomic E-state index is -0.693. The zero-order valence-corrected chi connectivity index (χ0v) is 16.9. The highest BCUT2D eigenvalue weighted by molar-refractivity contribution is 6.06. The van der Waals surface area contributed by atoms with Crippen molar-refractivity contribution in [2.75, 3.05) is 14.2 Å². The van der Waals surface area contributed by atoms with Crippen LogP contribution in [0.15, 0.2) is 67.3 Å². The van der Waals surface area contributed by atoms with Gasteiger partial charge in [-0.05, 0) is 23.8 Å². The smallest absolute Gasteiger partial charge is 0.357 e. The number of methoxy groups -OCH3 is 2. The van der Waals surface area contributed by atoms with Gasteiger partial charge in [-0.15, -0.1) is 0 Å². The molecule has 0 radical (unpaired) electrons. The van der Waals surface area contributed by atoms with Gasteiger partial charge in [0.2, 0.25) is 0 Å². The van der Waals surface area contributed by atoms with E-state index in [1.165, 1.54) is 25.2 Å². The molecule has 0 saturated heterocycles. The number of hydrogen-bond donors (Lipinski definition) is 0. The summed E-state index contributed by atoms with van der Waals surface area (Å²) in [7, 11) is 2.51. The fraction of sp³-hybridized carbons (Fsp3) is 0.136. The molecule has 0 aliphatic rings. The van der Waals surface area contributed by atoms with Gasteiger partial charge in [-0.2, -0.15) is 10.2 Å². The lowest BCUT2D eigenvalue weighted by molar-refractivity contribution is 0.0549. The lowest BCUT2D eigenvalue weighted by atomic mass is 10.0. The molecule has 31 heavy (non-hydrogen) atoms. The van der Waals surface area contributed by atoms with Crippen molar-refractivity contribution in [1.82, 2.24) is 24.5 Å². The number of carbonyl (C=O) groups is 2. The Balaban J connectivity index is 1.90. The Labute approximate surface area is 177 Å². The first-order chi connectivity index (χ1) is 15.1. The molecule has 0 aliphatic carbocycles. The zero-order valence-electron chi connectivity index (χ0n) is 16.9. The van der Waals surface area contributed by atoms with Crippen molar-refractivity contribution in [3.05, 3.63) is 84.1 Å². The van der Waals surface area contributed by atoms with Gasteiger partial charge in [-0.25, -0.2) is 23.9 Å². The second-order valence-electron chi connectivity index (χ2n) is 6.60. The third kappa shape index (κ3) is 3.93. The van der Waals surface area contributed by atoms with Crippen molar-refractivity contribution in [3.63, 3.8) is 0 Å². The first-order valence-corrected chi connectivity index (χ1v) is 9.39. The standard InChI is InChI=1S/C22H19N5O4/c1-30-21(28)18-19(16-8-6-7-15(11-16)12-26-14-23-13-24-26)25-27(20(18)22(29)31-2)17-9-4-3-5-10-17/h3-11,13-14H,12H2,1-2H3. The number of nitrogens with zero attached hydrogens (tertiary/aromatic N) is 5. The van der Waals surface area contributed by atoms with Crippen molar-refractivity contribution >= 4 is 11.9 Å². The number of ether oxygens (including phenoxy) is 2. The molecule has 9 nitrogen and oxygen atoms in total. The van der Waals surface area contributed by atoms with E-state index in [2.05, 4.69) is 15.2 Å². The van der Waals surface area contributed by atoms with Crippen LogP contribution in [0.3, 0.4) is 0 Å². The maximum absolute atomic E-state index is 12.7. The van der Waals surface area contributed by atoms with Crippen LogP contribution in [0.4, 0.5) is 0 Å². The van der Waals surface area contributed by atoms with E-state index in [-0.39, 0.29) is 11.3 Å². The predicted octanol–water partition coefficient (Wildman–Crippen LogP) is 2.75. The molecule has 0 unspecified atom stereocenters. The fourth-order valence-corrected chi connectivity index (χ4v) is 3.28. The van der Waals surface area contributed by atoms with Crippen LogP contribution in [0.1, 0.15) is 26.4 Å². The first-order valence-electron chi connectivity index (χ1n) is 9.39. The van der Waals surface area contributed by atoms with Gasteiger partial charge in [0.25, 0.3) is 0 Å². The van der Waals surface area contributed by atoms with Crippen LogP contribution in [-0.4, -0.2) is 50.7 Å².